The van der Waals surface area contributed by atoms with Gasteiger partial charge in [0.25, 0.3) is 0 Å². The van der Waals surface area contributed by atoms with Gasteiger partial charge in [-0.1, -0.05) is 0 Å². The van der Waals surface area contributed by atoms with Crippen LogP contribution in [-0.2, 0) is 4.74 Å². The van der Waals surface area contributed by atoms with Gasteiger partial charge in [-0.3, -0.25) is 0 Å². The molecular weight excluding hydrogens is 158 g/mol. The molecule has 0 unspecified atom stereocenters. The molecule has 0 radical (unpaired) electrons. The Balaban J connectivity index is 2.29. The topological polar surface area (TPSA) is 9.23 Å². The second-order valence-electron chi connectivity index (χ2n) is 4.13. The average molecular weight is 176 g/mol. The van der Waals surface area contributed by atoms with Crippen molar-refractivity contribution in [1.29, 1.82) is 0 Å². The molecule has 2 nitrogen and oxygen atoms in total. The maximum Gasteiger partial charge on any atom is 0.117 e. The number of hydrogen-bond acceptors (Lipinski definition) is 2. The minimum absolute atomic E-state index is 0.409. The number of thioether (sulfide) groups is 1. The minimum atomic E-state index is 0.409. The fraction of sp³-hybridized carbons (Fsp3) is 1.00. The molecule has 0 aromatic rings. The first-order valence-corrected chi connectivity index (χ1v) is 5.10. The van der Waals surface area contributed by atoms with E-state index in [1.165, 1.54) is 0 Å². The third-order valence-electron chi connectivity index (χ3n) is 1.65. The van der Waals surface area contributed by atoms with Crippen LogP contribution >= 0.6 is 11.8 Å². The molecule has 3 heteroatoms. The van der Waals surface area contributed by atoms with Gasteiger partial charge in [0.05, 0.1) is 21.1 Å². The first-order valence-electron chi connectivity index (χ1n) is 4.05. The molecule has 11 heavy (non-hydrogen) atoms. The lowest BCUT2D eigenvalue weighted by Gasteiger charge is -2.26. The summed E-state index contributed by atoms with van der Waals surface area (Å²) in [5.41, 5.74) is 0.409. The van der Waals surface area contributed by atoms with Gasteiger partial charge < -0.3 is 9.22 Å². The van der Waals surface area contributed by atoms with Crippen molar-refractivity contribution < 1.29 is 9.22 Å². The lowest BCUT2D eigenvalue weighted by molar-refractivity contribution is -0.873. The first kappa shape index (κ1) is 9.36. The zero-order valence-corrected chi connectivity index (χ0v) is 8.65. The van der Waals surface area contributed by atoms with Crippen molar-refractivity contribution in [1.82, 2.24) is 0 Å². The second kappa shape index (κ2) is 3.33. The molecule has 0 aromatic carbocycles. The fourth-order valence-electron chi connectivity index (χ4n) is 1.30. The van der Waals surface area contributed by atoms with E-state index < -0.39 is 0 Å². The molecule has 1 aliphatic heterocycles. The van der Waals surface area contributed by atoms with Gasteiger partial charge in [-0.05, 0) is 6.92 Å². The molecule has 0 saturated carbocycles. The highest BCUT2D eigenvalue weighted by Gasteiger charge is 2.26. The van der Waals surface area contributed by atoms with E-state index in [4.69, 9.17) is 4.74 Å². The van der Waals surface area contributed by atoms with Crippen LogP contribution in [0.15, 0.2) is 0 Å². The smallest absolute Gasteiger partial charge is 0.117 e. The maximum absolute atomic E-state index is 5.68. The zero-order chi connectivity index (χ0) is 8.48. The zero-order valence-electron chi connectivity index (χ0n) is 7.83. The van der Waals surface area contributed by atoms with Gasteiger partial charge >= 0.3 is 0 Å². The van der Waals surface area contributed by atoms with Crippen LogP contribution in [0.1, 0.15) is 6.92 Å². The van der Waals surface area contributed by atoms with Crippen LogP contribution in [0.5, 0.6) is 0 Å². The van der Waals surface area contributed by atoms with E-state index in [1.54, 1.807) is 0 Å². The quantitative estimate of drug-likeness (QED) is 0.584. The SMILES string of the molecule is C[C@H]1O[C@@H](C[N+](C)(C)C)CS1. The van der Waals surface area contributed by atoms with E-state index in [1.807, 2.05) is 11.8 Å². The van der Waals surface area contributed by atoms with Crippen molar-refractivity contribution in [2.24, 2.45) is 0 Å². The number of quaternary nitrogens is 1. The summed E-state index contributed by atoms with van der Waals surface area (Å²) in [7, 11) is 6.62. The second-order valence-corrected chi connectivity index (χ2v) is 5.46. The van der Waals surface area contributed by atoms with Crippen LogP contribution in [0.25, 0.3) is 0 Å². The highest BCUT2D eigenvalue weighted by atomic mass is 32.2. The van der Waals surface area contributed by atoms with Gasteiger partial charge in [0.1, 0.15) is 18.1 Å². The monoisotopic (exact) mass is 176 g/mol. The number of rotatable bonds is 2. The van der Waals surface area contributed by atoms with Gasteiger partial charge in [-0.15, -0.1) is 11.8 Å². The van der Waals surface area contributed by atoms with Crippen LogP contribution in [0.4, 0.5) is 0 Å². The van der Waals surface area contributed by atoms with Crippen LogP contribution < -0.4 is 0 Å². The minimum Gasteiger partial charge on any atom is -0.358 e. The number of nitrogens with zero attached hydrogens (tertiary/aromatic N) is 1. The summed E-state index contributed by atoms with van der Waals surface area (Å²) in [4.78, 5) is 0. The molecule has 0 N–H and O–H groups in total. The molecule has 0 spiro atoms. The summed E-state index contributed by atoms with van der Waals surface area (Å²) < 4.78 is 6.68. The Labute approximate surface area is 73.5 Å². The normalized spacial score (nSPS) is 32.7. The van der Waals surface area contributed by atoms with Crippen molar-refractivity contribution in [2.45, 2.75) is 18.5 Å². The fourth-order valence-corrected chi connectivity index (χ4v) is 2.20. The molecule has 66 valence electrons. The molecule has 0 amide bonds. The van der Waals surface area contributed by atoms with Crippen molar-refractivity contribution in [2.75, 3.05) is 33.4 Å². The molecule has 1 aliphatic rings. The highest BCUT2D eigenvalue weighted by molar-refractivity contribution is 7.99. The predicted molar refractivity (Wildman–Crippen MR) is 49.7 cm³/mol. The Bertz CT molecular complexity index is 133. The van der Waals surface area contributed by atoms with Crippen LogP contribution in [0.2, 0.25) is 0 Å². The Morgan fingerprint density at radius 2 is 2.09 bits per heavy atom. The predicted octanol–water partition coefficient (Wildman–Crippen LogP) is 1.17. The molecule has 0 aromatic heterocycles. The van der Waals surface area contributed by atoms with Crippen molar-refractivity contribution >= 4 is 11.8 Å². The number of ether oxygens (including phenoxy) is 1. The maximum atomic E-state index is 5.68. The average Bonchev–Trinajstić information content (AvgIpc) is 2.10. The van der Waals surface area contributed by atoms with Crippen LogP contribution in [-0.4, -0.2) is 49.5 Å². The van der Waals surface area contributed by atoms with E-state index in [2.05, 4.69) is 28.1 Å². The lowest BCUT2D eigenvalue weighted by atomic mass is 10.3. The van der Waals surface area contributed by atoms with Gasteiger partial charge in [-0.25, -0.2) is 0 Å². The van der Waals surface area contributed by atoms with E-state index in [0.29, 0.717) is 11.5 Å². The van der Waals surface area contributed by atoms with E-state index >= 15 is 0 Å². The summed E-state index contributed by atoms with van der Waals surface area (Å²) in [5, 5.41) is 0. The third-order valence-corrected chi connectivity index (χ3v) is 2.80. The Hall–Kier alpha value is 0.270. The number of likely N-dealkylation sites (N-methyl/N-ethyl adjacent to an activating group) is 1. The molecule has 0 bridgehead atoms. The summed E-state index contributed by atoms with van der Waals surface area (Å²) in [5.74, 6) is 1.16. The summed E-state index contributed by atoms with van der Waals surface area (Å²) >= 11 is 1.91. The lowest BCUT2D eigenvalue weighted by Crippen LogP contribution is -2.42. The molecule has 1 fully saturated rings. The molecule has 1 heterocycles. The molecule has 0 aliphatic carbocycles. The standard InChI is InChI=1S/C8H18NOS/c1-7-10-8(6-11-7)5-9(2,3)4/h7-8H,5-6H2,1-4H3/q+1/t7-,8-/m0/s1. The van der Waals surface area contributed by atoms with Crippen LogP contribution in [0.3, 0.4) is 0 Å². The van der Waals surface area contributed by atoms with Crippen LogP contribution in [0, 0.1) is 0 Å². The molecule has 2 atom stereocenters. The number of hydrogen-bond donors (Lipinski definition) is 0. The molecule has 1 rings (SSSR count). The van der Waals surface area contributed by atoms with E-state index in [-0.39, 0.29) is 0 Å². The van der Waals surface area contributed by atoms with Gasteiger partial charge in [0, 0.05) is 5.75 Å². The van der Waals surface area contributed by atoms with Crippen molar-refractivity contribution in [3.63, 3.8) is 0 Å². The highest BCUT2D eigenvalue weighted by Crippen LogP contribution is 2.25. The largest absolute Gasteiger partial charge is 0.358 e. The van der Waals surface area contributed by atoms with Gasteiger partial charge in [0.15, 0.2) is 0 Å². The van der Waals surface area contributed by atoms with Gasteiger partial charge in [-0.2, -0.15) is 0 Å². The van der Waals surface area contributed by atoms with E-state index in [0.717, 1.165) is 16.8 Å². The summed E-state index contributed by atoms with van der Waals surface area (Å²) in [6.07, 6.45) is 0.468. The first-order chi connectivity index (χ1) is 4.97. The third kappa shape index (κ3) is 3.45. The van der Waals surface area contributed by atoms with Gasteiger partial charge in [0.2, 0.25) is 0 Å². The molecular formula is C8H18NOS+. The summed E-state index contributed by atoms with van der Waals surface area (Å²) in [6.45, 7) is 3.25. The Morgan fingerprint density at radius 3 is 2.45 bits per heavy atom. The molecule has 1 saturated heterocycles. The van der Waals surface area contributed by atoms with Crippen molar-refractivity contribution in [3.8, 4) is 0 Å². The van der Waals surface area contributed by atoms with Crippen molar-refractivity contribution in [3.05, 3.63) is 0 Å². The Morgan fingerprint density at radius 1 is 1.45 bits per heavy atom. The Kier molecular flexibility index (Phi) is 2.84. The summed E-state index contributed by atoms with van der Waals surface area (Å²) in [6, 6.07) is 0. The van der Waals surface area contributed by atoms with E-state index in [9.17, 15) is 0 Å².